The quantitative estimate of drug-likeness (QED) is 0.579. The molecule has 1 rings (SSSR count). The fraction of sp³-hybridized carbons (Fsp3) is 0.556. The summed E-state index contributed by atoms with van der Waals surface area (Å²) in [4.78, 5) is 22.9. The predicted octanol–water partition coefficient (Wildman–Crippen LogP) is 1.50. The zero-order valence-electron chi connectivity index (χ0n) is 15.2. The van der Waals surface area contributed by atoms with Crippen molar-refractivity contribution in [3.05, 3.63) is 29.8 Å². The van der Waals surface area contributed by atoms with Crippen LogP contribution in [0.4, 0.5) is 8.78 Å². The summed E-state index contributed by atoms with van der Waals surface area (Å²) < 4.78 is 33.6. The minimum atomic E-state index is -4.02. The average molecular weight is 372 g/mol. The van der Waals surface area contributed by atoms with Crippen LogP contribution in [0.25, 0.3) is 0 Å². The lowest BCUT2D eigenvalue weighted by Crippen LogP contribution is -2.53. The van der Waals surface area contributed by atoms with Crippen LogP contribution in [0, 0.1) is 11.8 Å². The second-order valence-electron chi connectivity index (χ2n) is 6.50. The van der Waals surface area contributed by atoms with Crippen molar-refractivity contribution in [3.8, 4) is 5.75 Å². The van der Waals surface area contributed by atoms with Crippen molar-refractivity contribution >= 4 is 11.8 Å². The van der Waals surface area contributed by atoms with Gasteiger partial charge in [-0.1, -0.05) is 26.0 Å². The molecule has 2 unspecified atom stereocenters. The van der Waals surface area contributed by atoms with Crippen LogP contribution in [0.15, 0.2) is 24.3 Å². The molecule has 2 atom stereocenters. The molecule has 0 fully saturated rings. The lowest BCUT2D eigenvalue weighted by Gasteiger charge is -2.30. The molecule has 1 aromatic rings. The molecule has 0 aliphatic heterocycles. The minimum absolute atomic E-state index is 0.0182. The largest absolute Gasteiger partial charge is 0.497 e. The predicted molar refractivity (Wildman–Crippen MR) is 92.8 cm³/mol. The molecule has 0 bridgehead atoms. The van der Waals surface area contributed by atoms with Crippen molar-refractivity contribution in [1.29, 1.82) is 0 Å². The van der Waals surface area contributed by atoms with E-state index in [1.807, 2.05) is 0 Å². The van der Waals surface area contributed by atoms with Crippen LogP contribution in [-0.4, -0.2) is 42.6 Å². The van der Waals surface area contributed by atoms with Crippen LogP contribution >= 0.6 is 0 Å². The number of amides is 2. The number of alkyl halides is 2. The third-order valence-corrected chi connectivity index (χ3v) is 4.23. The summed E-state index contributed by atoms with van der Waals surface area (Å²) in [6.07, 6.45) is -2.37. The van der Waals surface area contributed by atoms with E-state index >= 15 is 0 Å². The number of nitrogens with one attached hydrogen (secondary N) is 1. The highest BCUT2D eigenvalue weighted by molar-refractivity contribution is 5.84. The van der Waals surface area contributed by atoms with Crippen molar-refractivity contribution in [3.63, 3.8) is 0 Å². The maximum absolute atomic E-state index is 14.3. The highest BCUT2D eigenvalue weighted by atomic mass is 19.3. The smallest absolute Gasteiger partial charge is 0.349 e. The van der Waals surface area contributed by atoms with E-state index in [-0.39, 0.29) is 6.54 Å². The molecule has 146 valence electrons. The second-order valence-corrected chi connectivity index (χ2v) is 6.50. The Hall–Kier alpha value is -2.22. The van der Waals surface area contributed by atoms with Gasteiger partial charge in [0.25, 0.3) is 5.91 Å². The maximum Gasteiger partial charge on any atom is 0.349 e. The number of primary amides is 1. The Morgan fingerprint density at radius 1 is 1.27 bits per heavy atom. The Bertz CT molecular complexity index is 606. The lowest BCUT2D eigenvalue weighted by molar-refractivity contribution is -0.173. The molecule has 0 radical (unpaired) electrons. The molecular weight excluding hydrogens is 346 g/mol. The number of benzene rings is 1. The van der Waals surface area contributed by atoms with E-state index in [1.54, 1.807) is 38.1 Å². The monoisotopic (exact) mass is 372 g/mol. The van der Waals surface area contributed by atoms with Gasteiger partial charge in [0.05, 0.1) is 7.11 Å². The number of hydrogen-bond acceptors (Lipinski definition) is 4. The number of aliphatic hydroxyl groups excluding tert-OH is 1. The third kappa shape index (κ3) is 5.94. The molecule has 0 aliphatic carbocycles. The summed E-state index contributed by atoms with van der Waals surface area (Å²) in [7, 11) is 1.53. The van der Waals surface area contributed by atoms with E-state index in [0.29, 0.717) is 12.2 Å². The number of aliphatic hydroxyl groups is 1. The Kier molecular flexibility index (Phi) is 7.95. The van der Waals surface area contributed by atoms with E-state index in [0.717, 1.165) is 5.56 Å². The molecule has 6 nitrogen and oxygen atoms in total. The molecule has 0 heterocycles. The molecule has 0 aromatic heterocycles. The van der Waals surface area contributed by atoms with E-state index < -0.39 is 42.1 Å². The third-order valence-electron chi connectivity index (χ3n) is 4.23. The van der Waals surface area contributed by atoms with Gasteiger partial charge in [0.2, 0.25) is 5.91 Å². The molecule has 1 aromatic carbocycles. The van der Waals surface area contributed by atoms with Crippen molar-refractivity contribution in [2.75, 3.05) is 13.7 Å². The van der Waals surface area contributed by atoms with E-state index in [4.69, 9.17) is 10.5 Å². The summed E-state index contributed by atoms with van der Waals surface area (Å²) in [5.74, 6) is -7.30. The van der Waals surface area contributed by atoms with Gasteiger partial charge in [0.15, 0.2) is 0 Å². The summed E-state index contributed by atoms with van der Waals surface area (Å²) in [6, 6.07) is 6.98. The minimum Gasteiger partial charge on any atom is -0.497 e. The van der Waals surface area contributed by atoms with Crippen LogP contribution in [-0.2, 0) is 16.0 Å². The van der Waals surface area contributed by atoms with E-state index in [9.17, 15) is 23.5 Å². The van der Waals surface area contributed by atoms with Crippen LogP contribution in [0.1, 0.15) is 25.8 Å². The first-order chi connectivity index (χ1) is 12.1. The molecule has 2 amide bonds. The second kappa shape index (κ2) is 9.47. The Morgan fingerprint density at radius 3 is 2.31 bits per heavy atom. The molecule has 26 heavy (non-hydrogen) atoms. The summed E-state index contributed by atoms with van der Waals surface area (Å²) in [5, 5.41) is 12.1. The van der Waals surface area contributed by atoms with Crippen molar-refractivity contribution < 1.29 is 28.2 Å². The number of carbonyl (C=O) groups is 2. The van der Waals surface area contributed by atoms with Crippen LogP contribution in [0.3, 0.4) is 0 Å². The Balaban J connectivity index is 2.65. The Labute approximate surface area is 151 Å². The summed E-state index contributed by atoms with van der Waals surface area (Å²) in [5.41, 5.74) is 5.89. The molecule has 0 saturated heterocycles. The molecule has 8 heteroatoms. The average Bonchev–Trinajstić information content (AvgIpc) is 2.59. The number of rotatable bonds is 10. The standard InChI is InChI=1S/C18H26F2N2O4/c1-11(2)14(10-15(21)23)16(24)18(19,20)17(25)22-9-8-12-4-6-13(26-3)7-5-12/h4-7,11,14,16,24H,8-10H2,1-3H3,(H2,21,23)(H,22,25). The fourth-order valence-electron chi connectivity index (χ4n) is 2.58. The first-order valence-electron chi connectivity index (χ1n) is 8.35. The number of carbonyl (C=O) groups excluding carboxylic acids is 2. The van der Waals surface area contributed by atoms with Crippen LogP contribution in [0.5, 0.6) is 5.75 Å². The number of nitrogens with two attached hydrogens (primary N) is 1. The van der Waals surface area contributed by atoms with Gasteiger partial charge < -0.3 is 20.9 Å². The van der Waals surface area contributed by atoms with Gasteiger partial charge in [-0.15, -0.1) is 0 Å². The van der Waals surface area contributed by atoms with E-state index in [1.165, 1.54) is 7.11 Å². The Morgan fingerprint density at radius 2 is 1.85 bits per heavy atom. The molecule has 0 spiro atoms. The maximum atomic E-state index is 14.3. The van der Waals surface area contributed by atoms with Crippen LogP contribution in [0.2, 0.25) is 0 Å². The number of hydrogen-bond donors (Lipinski definition) is 3. The highest BCUT2D eigenvalue weighted by Gasteiger charge is 2.50. The van der Waals surface area contributed by atoms with Gasteiger partial charge in [-0.2, -0.15) is 8.78 Å². The number of ether oxygens (including phenoxy) is 1. The number of methoxy groups -OCH3 is 1. The van der Waals surface area contributed by atoms with Crippen molar-refractivity contribution in [1.82, 2.24) is 5.32 Å². The summed E-state index contributed by atoms with van der Waals surface area (Å²) >= 11 is 0. The van der Waals surface area contributed by atoms with Gasteiger partial charge >= 0.3 is 5.92 Å². The zero-order valence-corrected chi connectivity index (χ0v) is 15.2. The van der Waals surface area contributed by atoms with Gasteiger partial charge in [-0.05, 0) is 30.0 Å². The molecule has 0 saturated carbocycles. The molecule has 0 aliphatic rings. The van der Waals surface area contributed by atoms with Gasteiger partial charge in [0.1, 0.15) is 11.9 Å². The molecule has 4 N–H and O–H groups in total. The normalized spacial score (nSPS) is 14.0. The zero-order chi connectivity index (χ0) is 19.9. The summed E-state index contributed by atoms with van der Waals surface area (Å²) in [6.45, 7) is 3.14. The van der Waals surface area contributed by atoms with Gasteiger partial charge in [0, 0.05) is 18.9 Å². The van der Waals surface area contributed by atoms with Crippen molar-refractivity contribution in [2.24, 2.45) is 17.6 Å². The van der Waals surface area contributed by atoms with E-state index in [2.05, 4.69) is 5.32 Å². The topological polar surface area (TPSA) is 102 Å². The lowest BCUT2D eigenvalue weighted by atomic mass is 9.84. The first kappa shape index (κ1) is 21.8. The van der Waals surface area contributed by atoms with Crippen molar-refractivity contribution in [2.45, 2.75) is 38.7 Å². The number of halogens is 2. The fourth-order valence-corrected chi connectivity index (χ4v) is 2.58. The molecular formula is C18H26F2N2O4. The SMILES string of the molecule is COc1ccc(CCNC(=O)C(F)(F)C(O)C(CC(N)=O)C(C)C)cc1. The van der Waals surface area contributed by atoms with Crippen LogP contribution < -0.4 is 15.8 Å². The first-order valence-corrected chi connectivity index (χ1v) is 8.35. The van der Waals surface area contributed by atoms with Gasteiger partial charge in [-0.25, -0.2) is 0 Å². The highest BCUT2D eigenvalue weighted by Crippen LogP contribution is 2.31. The van der Waals surface area contributed by atoms with Gasteiger partial charge in [-0.3, -0.25) is 9.59 Å².